The van der Waals surface area contributed by atoms with Gasteiger partial charge in [0, 0.05) is 18.8 Å². The molecular formula is C20H24F2N2O3S. The number of anilines is 1. The topological polar surface area (TPSA) is 66.5 Å². The molecule has 0 aromatic heterocycles. The van der Waals surface area contributed by atoms with Gasteiger partial charge in [-0.05, 0) is 43.5 Å². The average molecular weight is 410 g/mol. The fourth-order valence-corrected chi connectivity index (χ4v) is 3.90. The highest BCUT2D eigenvalue weighted by atomic mass is 32.2. The van der Waals surface area contributed by atoms with Gasteiger partial charge in [0.2, 0.25) is 15.9 Å². The van der Waals surface area contributed by atoms with Crippen LogP contribution in [0.2, 0.25) is 0 Å². The van der Waals surface area contributed by atoms with Crippen molar-refractivity contribution in [3.8, 4) is 0 Å². The molecule has 0 heterocycles. The second kappa shape index (κ2) is 8.79. The van der Waals surface area contributed by atoms with E-state index in [2.05, 4.69) is 4.72 Å². The van der Waals surface area contributed by atoms with Crippen molar-refractivity contribution in [2.45, 2.75) is 38.1 Å². The SMILES string of the molecule is Cc1ccc(S(=O)(=O)NC(CC(C)C)C(=O)N(C)c2ccc(F)c(F)c2)cc1. The molecule has 0 spiro atoms. The molecule has 2 rings (SSSR count). The Morgan fingerprint density at radius 1 is 1.07 bits per heavy atom. The molecule has 1 unspecified atom stereocenters. The van der Waals surface area contributed by atoms with E-state index in [9.17, 15) is 22.0 Å². The highest BCUT2D eigenvalue weighted by Gasteiger charge is 2.29. The van der Waals surface area contributed by atoms with E-state index in [1.165, 1.54) is 25.2 Å². The van der Waals surface area contributed by atoms with Crippen LogP contribution in [0.4, 0.5) is 14.5 Å². The highest BCUT2D eigenvalue weighted by Crippen LogP contribution is 2.20. The summed E-state index contributed by atoms with van der Waals surface area (Å²) in [6.07, 6.45) is 0.248. The summed E-state index contributed by atoms with van der Waals surface area (Å²) < 4.78 is 54.5. The molecule has 2 aromatic rings. The van der Waals surface area contributed by atoms with E-state index >= 15 is 0 Å². The molecule has 0 saturated heterocycles. The van der Waals surface area contributed by atoms with E-state index in [4.69, 9.17) is 0 Å². The number of likely N-dealkylation sites (N-methyl/N-ethyl adjacent to an activating group) is 1. The lowest BCUT2D eigenvalue weighted by Gasteiger charge is -2.26. The first kappa shape index (κ1) is 22.0. The van der Waals surface area contributed by atoms with Crippen molar-refractivity contribution < 1.29 is 22.0 Å². The zero-order valence-electron chi connectivity index (χ0n) is 16.2. The first-order valence-corrected chi connectivity index (χ1v) is 10.3. The molecular weight excluding hydrogens is 386 g/mol. The maximum Gasteiger partial charge on any atom is 0.244 e. The molecule has 0 bridgehead atoms. The third kappa shape index (κ3) is 5.36. The summed E-state index contributed by atoms with van der Waals surface area (Å²) >= 11 is 0. The van der Waals surface area contributed by atoms with Gasteiger partial charge in [0.1, 0.15) is 6.04 Å². The summed E-state index contributed by atoms with van der Waals surface area (Å²) in [5.41, 5.74) is 1.04. The molecule has 0 radical (unpaired) electrons. The molecule has 8 heteroatoms. The number of rotatable bonds is 7. The summed E-state index contributed by atoms with van der Waals surface area (Å²) in [5.74, 6) is -2.65. The van der Waals surface area contributed by atoms with Gasteiger partial charge in [0.15, 0.2) is 11.6 Å². The van der Waals surface area contributed by atoms with Crippen LogP contribution in [0, 0.1) is 24.5 Å². The number of amides is 1. The number of aryl methyl sites for hydroxylation is 1. The van der Waals surface area contributed by atoms with Crippen molar-refractivity contribution >= 4 is 21.6 Å². The average Bonchev–Trinajstić information content (AvgIpc) is 2.62. The standard InChI is InChI=1S/C20H24F2N2O3S/c1-13(2)11-19(23-28(26,27)16-8-5-14(3)6-9-16)20(25)24(4)15-7-10-17(21)18(22)12-15/h5-10,12-13,19,23H,11H2,1-4H3. The number of carbonyl (C=O) groups is 1. The van der Waals surface area contributed by atoms with Crippen LogP contribution >= 0.6 is 0 Å². The Morgan fingerprint density at radius 2 is 1.68 bits per heavy atom. The minimum Gasteiger partial charge on any atom is -0.314 e. The zero-order valence-corrected chi connectivity index (χ0v) is 17.1. The largest absolute Gasteiger partial charge is 0.314 e. The molecule has 1 N–H and O–H groups in total. The summed E-state index contributed by atoms with van der Waals surface area (Å²) in [7, 11) is -2.54. The number of nitrogens with zero attached hydrogens (tertiary/aromatic N) is 1. The molecule has 2 aromatic carbocycles. The second-order valence-electron chi connectivity index (χ2n) is 7.11. The van der Waals surface area contributed by atoms with Crippen molar-refractivity contribution in [1.82, 2.24) is 4.72 Å². The van der Waals surface area contributed by atoms with Crippen LogP contribution in [0.25, 0.3) is 0 Å². The van der Waals surface area contributed by atoms with Gasteiger partial charge < -0.3 is 4.90 Å². The van der Waals surface area contributed by atoms with Gasteiger partial charge in [-0.2, -0.15) is 4.72 Å². The van der Waals surface area contributed by atoms with Crippen molar-refractivity contribution in [1.29, 1.82) is 0 Å². The van der Waals surface area contributed by atoms with Crippen LogP contribution in [-0.4, -0.2) is 27.4 Å². The third-order valence-corrected chi connectivity index (χ3v) is 5.74. The Bertz CT molecular complexity index is 944. The van der Waals surface area contributed by atoms with Crippen molar-refractivity contribution in [2.75, 3.05) is 11.9 Å². The van der Waals surface area contributed by atoms with Crippen LogP contribution in [0.5, 0.6) is 0 Å². The van der Waals surface area contributed by atoms with Crippen molar-refractivity contribution in [2.24, 2.45) is 5.92 Å². The Kier molecular flexibility index (Phi) is 6.90. The van der Waals surface area contributed by atoms with E-state index in [1.807, 2.05) is 20.8 Å². The number of halogens is 2. The van der Waals surface area contributed by atoms with Gasteiger partial charge in [0.25, 0.3) is 0 Å². The van der Waals surface area contributed by atoms with Gasteiger partial charge in [-0.15, -0.1) is 0 Å². The summed E-state index contributed by atoms with van der Waals surface area (Å²) in [4.78, 5) is 14.1. The van der Waals surface area contributed by atoms with Gasteiger partial charge in [-0.25, -0.2) is 17.2 Å². The van der Waals surface area contributed by atoms with Crippen molar-refractivity contribution in [3.05, 3.63) is 59.7 Å². The number of benzene rings is 2. The van der Waals surface area contributed by atoms with E-state index < -0.39 is 33.6 Å². The van der Waals surface area contributed by atoms with Crippen LogP contribution in [0.1, 0.15) is 25.8 Å². The first-order chi connectivity index (χ1) is 13.0. The molecule has 0 fully saturated rings. The number of sulfonamides is 1. The van der Waals surface area contributed by atoms with Crippen LogP contribution in [0.3, 0.4) is 0 Å². The van der Waals surface area contributed by atoms with Crippen LogP contribution in [-0.2, 0) is 14.8 Å². The minimum atomic E-state index is -3.93. The molecule has 0 aliphatic carbocycles. The number of carbonyl (C=O) groups excluding carboxylic acids is 1. The predicted octanol–water partition coefficient (Wildman–Crippen LogP) is 3.63. The molecule has 0 aliphatic heterocycles. The molecule has 0 aliphatic rings. The number of hydrogen-bond acceptors (Lipinski definition) is 3. The second-order valence-corrected chi connectivity index (χ2v) is 8.83. The quantitative estimate of drug-likeness (QED) is 0.758. The monoisotopic (exact) mass is 410 g/mol. The van der Waals surface area contributed by atoms with Gasteiger partial charge >= 0.3 is 0 Å². The smallest absolute Gasteiger partial charge is 0.244 e. The minimum absolute atomic E-state index is 0.0213. The summed E-state index contributed by atoms with van der Waals surface area (Å²) in [6, 6.07) is 8.29. The van der Waals surface area contributed by atoms with Crippen LogP contribution in [0.15, 0.2) is 47.4 Å². The third-order valence-electron chi connectivity index (χ3n) is 4.25. The molecule has 1 amide bonds. The van der Waals surface area contributed by atoms with Crippen LogP contribution < -0.4 is 9.62 Å². The van der Waals surface area contributed by atoms with E-state index in [0.717, 1.165) is 22.6 Å². The summed E-state index contributed by atoms with van der Waals surface area (Å²) in [5, 5.41) is 0. The zero-order chi connectivity index (χ0) is 21.1. The molecule has 1 atom stereocenters. The van der Waals surface area contributed by atoms with E-state index in [0.29, 0.717) is 0 Å². The maximum absolute atomic E-state index is 13.5. The lowest BCUT2D eigenvalue weighted by atomic mass is 10.0. The Balaban J connectivity index is 2.30. The summed E-state index contributed by atoms with van der Waals surface area (Å²) in [6.45, 7) is 5.56. The van der Waals surface area contributed by atoms with Gasteiger partial charge in [0.05, 0.1) is 4.90 Å². The highest BCUT2D eigenvalue weighted by molar-refractivity contribution is 7.89. The van der Waals surface area contributed by atoms with Gasteiger partial charge in [-0.3, -0.25) is 4.79 Å². The Hall–Kier alpha value is -2.32. The molecule has 5 nitrogen and oxygen atoms in total. The molecule has 28 heavy (non-hydrogen) atoms. The molecule has 0 saturated carbocycles. The number of hydrogen-bond donors (Lipinski definition) is 1. The fraction of sp³-hybridized carbons (Fsp3) is 0.350. The maximum atomic E-state index is 13.5. The predicted molar refractivity (Wildman–Crippen MR) is 105 cm³/mol. The van der Waals surface area contributed by atoms with Crippen molar-refractivity contribution in [3.63, 3.8) is 0 Å². The first-order valence-electron chi connectivity index (χ1n) is 8.83. The van der Waals surface area contributed by atoms with E-state index in [-0.39, 0.29) is 22.9 Å². The Labute approximate surface area is 164 Å². The van der Waals surface area contributed by atoms with E-state index in [1.54, 1.807) is 12.1 Å². The normalized spacial score (nSPS) is 12.8. The number of nitrogens with one attached hydrogen (secondary N) is 1. The lowest BCUT2D eigenvalue weighted by molar-refractivity contribution is -0.120. The molecule has 152 valence electrons. The lowest BCUT2D eigenvalue weighted by Crippen LogP contribution is -2.48. The Morgan fingerprint density at radius 3 is 2.21 bits per heavy atom. The van der Waals surface area contributed by atoms with Gasteiger partial charge in [-0.1, -0.05) is 31.5 Å². The fourth-order valence-electron chi connectivity index (χ4n) is 2.70.